The minimum absolute atomic E-state index is 0.159. The van der Waals surface area contributed by atoms with Gasteiger partial charge in [-0.1, -0.05) is 299 Å². The smallest absolute Gasteiger partial charge is 0.166 e. The van der Waals surface area contributed by atoms with E-state index in [1.807, 2.05) is 48.5 Å². The molecular weight excluding hydrogens is 1440 g/mol. The number of thiophene rings is 1. The second-order valence-electron chi connectivity index (χ2n) is 30.3. The van der Waals surface area contributed by atoms with E-state index >= 15 is 0 Å². The number of hydrogen-bond donors (Lipinski definition) is 0. The minimum atomic E-state index is -0.159. The molecule has 7 aromatic heterocycles. The van der Waals surface area contributed by atoms with Crippen molar-refractivity contribution in [3.63, 3.8) is 0 Å². The molecule has 0 saturated carbocycles. The van der Waals surface area contributed by atoms with Crippen molar-refractivity contribution in [2.75, 3.05) is 0 Å². The molecule has 116 heavy (non-hydrogen) atoms. The number of fused-ring (bicyclic) bond motifs is 20. The average molecular weight is 1500 g/mol. The van der Waals surface area contributed by atoms with Gasteiger partial charge in [0.05, 0.1) is 44.2 Å². The van der Waals surface area contributed by atoms with Crippen LogP contribution in [0.15, 0.2) is 373 Å². The van der Waals surface area contributed by atoms with Gasteiger partial charge in [-0.15, -0.1) is 11.3 Å². The Bertz CT molecular complexity index is 7930. The van der Waals surface area contributed by atoms with E-state index in [1.165, 1.54) is 42.4 Å². The van der Waals surface area contributed by atoms with Gasteiger partial charge in [0.1, 0.15) is 22.3 Å². The standard InChI is InChI=1S/C54H36N4O.C51H30N4OS/c1-54(2)43-25-12-9-20-37(43)38-29-28-35(32-44(38)54)52-55-51(34-18-7-4-8-19-34)56-53(57-52)41-22-11-14-27-46(41)58-45-26-13-10-21-39(45)40-30-31-47-48(49(40)58)42-24-15-23-36(50(42)59-47)33-16-5-3-6-17-33;1-3-14-31(15-4-1)34-21-13-22-40-46-43(56-48(34)40)29-28-38-35-18-7-10-23-41(35)55(47(38)46)42-24-11-8-20-39(42)51-53-49(32-16-5-2-6-17-32)52-50(54-51)33-26-27-37-36-19-9-12-25-44(36)57-45(37)30-33/h3-32H,1-2H3;1-30H. The third-order valence-electron chi connectivity index (χ3n) is 23.3. The minimum Gasteiger partial charge on any atom is -0.455 e. The molecule has 0 bridgehead atoms. The van der Waals surface area contributed by atoms with Gasteiger partial charge in [-0.2, -0.15) is 0 Å². The van der Waals surface area contributed by atoms with Crippen molar-refractivity contribution >= 4 is 119 Å². The van der Waals surface area contributed by atoms with E-state index in [1.54, 1.807) is 11.3 Å². The third kappa shape index (κ3) is 10.6. The summed E-state index contributed by atoms with van der Waals surface area (Å²) in [5.74, 6) is 3.73. The summed E-state index contributed by atoms with van der Waals surface area (Å²) < 4.78 is 20.8. The van der Waals surface area contributed by atoms with Crippen molar-refractivity contribution in [3.8, 4) is 113 Å². The molecule has 11 heteroatoms. The van der Waals surface area contributed by atoms with Gasteiger partial charge in [-0.3, -0.25) is 0 Å². The maximum absolute atomic E-state index is 6.80. The van der Waals surface area contributed by atoms with Crippen molar-refractivity contribution in [2.45, 2.75) is 19.3 Å². The Labute approximate surface area is 669 Å². The van der Waals surface area contributed by atoms with Gasteiger partial charge in [0.25, 0.3) is 0 Å². The average Bonchev–Trinajstić information content (AvgIpc) is 1.55. The fraction of sp³-hybridized carbons (Fsp3) is 0.0286. The van der Waals surface area contributed by atoms with Crippen molar-refractivity contribution in [1.82, 2.24) is 39.0 Å². The largest absolute Gasteiger partial charge is 0.455 e. The highest BCUT2D eigenvalue weighted by molar-refractivity contribution is 7.25. The highest BCUT2D eigenvalue weighted by Gasteiger charge is 2.36. The molecule has 23 aromatic rings. The molecule has 10 nitrogen and oxygen atoms in total. The second-order valence-corrected chi connectivity index (χ2v) is 31.4. The maximum Gasteiger partial charge on any atom is 0.166 e. The first-order valence-corrected chi connectivity index (χ1v) is 40.0. The van der Waals surface area contributed by atoms with Crippen molar-refractivity contribution in [3.05, 3.63) is 375 Å². The number of aromatic nitrogens is 8. The lowest BCUT2D eigenvalue weighted by molar-refractivity contribution is 0.660. The summed E-state index contributed by atoms with van der Waals surface area (Å²) in [6.07, 6.45) is 0. The van der Waals surface area contributed by atoms with E-state index in [9.17, 15) is 0 Å². The highest BCUT2D eigenvalue weighted by atomic mass is 32.1. The van der Waals surface area contributed by atoms with Crippen LogP contribution in [-0.4, -0.2) is 39.0 Å². The first-order valence-electron chi connectivity index (χ1n) is 39.1. The molecule has 7 heterocycles. The van der Waals surface area contributed by atoms with Gasteiger partial charge < -0.3 is 18.0 Å². The van der Waals surface area contributed by atoms with E-state index in [0.29, 0.717) is 34.9 Å². The Morgan fingerprint density at radius 3 is 1.15 bits per heavy atom. The molecule has 0 N–H and O–H groups in total. The molecule has 24 rings (SSSR count). The topological polar surface area (TPSA) is 113 Å². The van der Waals surface area contributed by atoms with E-state index in [0.717, 1.165) is 154 Å². The number of hydrogen-bond acceptors (Lipinski definition) is 9. The fourth-order valence-corrected chi connectivity index (χ4v) is 19.1. The van der Waals surface area contributed by atoms with Gasteiger partial charge in [0.15, 0.2) is 34.9 Å². The molecule has 0 spiro atoms. The summed E-state index contributed by atoms with van der Waals surface area (Å²) in [5, 5.41) is 11.4. The Morgan fingerprint density at radius 1 is 0.250 bits per heavy atom. The predicted octanol–water partition coefficient (Wildman–Crippen LogP) is 27.7. The normalized spacial score (nSPS) is 12.5. The first-order chi connectivity index (χ1) is 57.3. The number of furan rings is 2. The Morgan fingerprint density at radius 2 is 0.621 bits per heavy atom. The number of rotatable bonds is 10. The summed E-state index contributed by atoms with van der Waals surface area (Å²) in [6, 6.07) is 128. The van der Waals surface area contributed by atoms with E-state index in [2.05, 4.69) is 338 Å². The summed E-state index contributed by atoms with van der Waals surface area (Å²) in [4.78, 5) is 31.4. The Balaban J connectivity index is 0.000000137. The highest BCUT2D eigenvalue weighted by Crippen LogP contribution is 2.52. The molecule has 1 aliphatic rings. The predicted molar refractivity (Wildman–Crippen MR) is 477 cm³/mol. The molecule has 0 fully saturated rings. The fourth-order valence-electron chi connectivity index (χ4n) is 18.0. The van der Waals surface area contributed by atoms with Crippen LogP contribution in [0.1, 0.15) is 25.0 Å². The van der Waals surface area contributed by atoms with Crippen LogP contribution >= 0.6 is 11.3 Å². The van der Waals surface area contributed by atoms with Crippen LogP contribution in [0.5, 0.6) is 0 Å². The van der Waals surface area contributed by atoms with Gasteiger partial charge >= 0.3 is 0 Å². The lowest BCUT2D eigenvalue weighted by Crippen LogP contribution is -2.15. The number of nitrogens with zero attached hydrogens (tertiary/aromatic N) is 8. The first kappa shape index (κ1) is 66.7. The van der Waals surface area contributed by atoms with Gasteiger partial charge in [-0.05, 0) is 112 Å². The number of para-hydroxylation sites is 6. The van der Waals surface area contributed by atoms with E-state index in [4.69, 9.17) is 38.7 Å². The van der Waals surface area contributed by atoms with Crippen molar-refractivity contribution in [1.29, 1.82) is 0 Å². The van der Waals surface area contributed by atoms with Crippen LogP contribution in [0, 0.1) is 0 Å². The molecule has 0 amide bonds. The van der Waals surface area contributed by atoms with E-state index < -0.39 is 0 Å². The van der Waals surface area contributed by atoms with Gasteiger partial charge in [0.2, 0.25) is 0 Å². The van der Waals surface area contributed by atoms with Crippen LogP contribution in [0.4, 0.5) is 0 Å². The van der Waals surface area contributed by atoms with Crippen LogP contribution in [0.3, 0.4) is 0 Å². The molecule has 1 aliphatic carbocycles. The molecule has 0 radical (unpaired) electrons. The monoisotopic (exact) mass is 1500 g/mol. The molecular formula is C105H66N8O2S. The lowest BCUT2D eigenvalue weighted by Gasteiger charge is -2.21. The van der Waals surface area contributed by atoms with Crippen molar-refractivity contribution < 1.29 is 8.83 Å². The van der Waals surface area contributed by atoms with Gasteiger partial charge in [-0.25, -0.2) is 29.9 Å². The molecule has 0 aliphatic heterocycles. The van der Waals surface area contributed by atoms with E-state index in [-0.39, 0.29) is 5.41 Å². The Kier molecular flexibility index (Phi) is 15.3. The lowest BCUT2D eigenvalue weighted by atomic mass is 9.82. The third-order valence-corrected chi connectivity index (χ3v) is 24.5. The zero-order chi connectivity index (χ0) is 76.7. The molecule has 544 valence electrons. The summed E-state index contributed by atoms with van der Waals surface area (Å²) in [6.45, 7) is 4.61. The zero-order valence-electron chi connectivity index (χ0n) is 62.9. The van der Waals surface area contributed by atoms with Crippen LogP contribution in [-0.2, 0) is 5.41 Å². The zero-order valence-corrected chi connectivity index (χ0v) is 63.8. The summed E-state index contributed by atoms with van der Waals surface area (Å²) >= 11 is 1.79. The van der Waals surface area contributed by atoms with Gasteiger partial charge in [0, 0.05) is 102 Å². The van der Waals surface area contributed by atoms with Crippen LogP contribution < -0.4 is 0 Å². The summed E-state index contributed by atoms with van der Waals surface area (Å²) in [7, 11) is 0. The molecule has 0 atom stereocenters. The van der Waals surface area contributed by atoms with Crippen LogP contribution in [0.2, 0.25) is 0 Å². The molecule has 16 aromatic carbocycles. The van der Waals surface area contributed by atoms with Crippen LogP contribution in [0.25, 0.3) is 221 Å². The molecule has 0 saturated heterocycles. The SMILES string of the molecule is CC1(C)c2ccccc2-c2ccc(-c3nc(-c4ccccc4)nc(-c4ccccc4-n4c5ccccc5c5ccc6oc7c(-c8ccccc8)cccc7c6c54)n3)cc21.c1ccc(-c2nc(-c3ccc4c(c3)sc3ccccc34)nc(-c3ccccc3-n3c4ccccc4c4ccc5oc6c(-c7ccccc7)cccc6c5c43)n2)cc1. The second kappa shape index (κ2) is 26.6. The molecule has 0 unspecified atom stereocenters. The quantitative estimate of drug-likeness (QED) is 0.133. The summed E-state index contributed by atoms with van der Waals surface area (Å²) in [5.41, 5.74) is 24.7. The number of benzene rings is 16. The maximum atomic E-state index is 6.80. The Hall–Kier alpha value is -15.0. The van der Waals surface area contributed by atoms with Crippen molar-refractivity contribution in [2.24, 2.45) is 0 Å².